The largest absolute Gasteiger partial charge is 0.493 e. The number of hydrogen-bond acceptors (Lipinski definition) is 2. The third-order valence-corrected chi connectivity index (χ3v) is 3.69. The molecule has 0 radical (unpaired) electrons. The van der Waals surface area contributed by atoms with Crippen molar-refractivity contribution >= 4 is 5.57 Å². The van der Waals surface area contributed by atoms with Gasteiger partial charge in [-0.2, -0.15) is 0 Å². The van der Waals surface area contributed by atoms with Crippen molar-refractivity contribution in [3.05, 3.63) is 101 Å². The second kappa shape index (κ2) is 6.35. The number of allylic oxidation sites excluding steroid dienone is 2. The van der Waals surface area contributed by atoms with Crippen molar-refractivity contribution < 1.29 is 9.47 Å². The third kappa shape index (κ3) is 2.56. The van der Waals surface area contributed by atoms with Gasteiger partial charge in [-0.05, 0) is 28.9 Å². The smallest absolute Gasteiger partial charge is 0.168 e. The SMILES string of the molecule is COC1=C(OC)C(=C(c2ccccc2)c2ccccc2)C=C1. The molecule has 2 aromatic carbocycles. The van der Waals surface area contributed by atoms with Gasteiger partial charge in [0.2, 0.25) is 0 Å². The van der Waals surface area contributed by atoms with Gasteiger partial charge in [-0.25, -0.2) is 0 Å². The Morgan fingerprint density at radius 1 is 0.682 bits per heavy atom. The molecule has 2 aromatic rings. The average Bonchev–Trinajstić information content (AvgIpc) is 3.00. The van der Waals surface area contributed by atoms with Gasteiger partial charge in [0, 0.05) is 5.57 Å². The van der Waals surface area contributed by atoms with Gasteiger partial charge in [0.15, 0.2) is 11.5 Å². The van der Waals surface area contributed by atoms with Crippen molar-refractivity contribution in [1.82, 2.24) is 0 Å². The van der Waals surface area contributed by atoms with Gasteiger partial charge >= 0.3 is 0 Å². The lowest BCUT2D eigenvalue weighted by Gasteiger charge is -2.14. The molecule has 0 unspecified atom stereocenters. The minimum Gasteiger partial charge on any atom is -0.493 e. The Kier molecular flexibility index (Phi) is 4.10. The predicted molar refractivity (Wildman–Crippen MR) is 89.1 cm³/mol. The number of methoxy groups -OCH3 is 2. The van der Waals surface area contributed by atoms with Crippen molar-refractivity contribution in [3.8, 4) is 0 Å². The van der Waals surface area contributed by atoms with Gasteiger partial charge < -0.3 is 9.47 Å². The fourth-order valence-electron chi connectivity index (χ4n) is 2.70. The van der Waals surface area contributed by atoms with Gasteiger partial charge in [-0.1, -0.05) is 60.7 Å². The molecule has 22 heavy (non-hydrogen) atoms. The standard InChI is InChI=1S/C20H18O2/c1-21-18-14-13-17(20(18)22-2)19(15-9-5-3-6-10-15)16-11-7-4-8-12-16/h3-14H,1-2H3. The molecule has 2 nitrogen and oxygen atoms in total. The predicted octanol–water partition coefficient (Wildman–Crippen LogP) is 4.56. The number of benzene rings is 2. The highest BCUT2D eigenvalue weighted by Crippen LogP contribution is 2.36. The Bertz CT molecular complexity index is 696. The van der Waals surface area contributed by atoms with Gasteiger partial charge in [-0.3, -0.25) is 0 Å². The van der Waals surface area contributed by atoms with Crippen molar-refractivity contribution in [2.75, 3.05) is 14.2 Å². The summed E-state index contributed by atoms with van der Waals surface area (Å²) in [6.45, 7) is 0. The molecular formula is C20H18O2. The lowest BCUT2D eigenvalue weighted by Crippen LogP contribution is -1.98. The summed E-state index contributed by atoms with van der Waals surface area (Å²) in [6, 6.07) is 20.7. The third-order valence-electron chi connectivity index (χ3n) is 3.69. The highest BCUT2D eigenvalue weighted by atomic mass is 16.5. The van der Waals surface area contributed by atoms with E-state index >= 15 is 0 Å². The highest BCUT2D eigenvalue weighted by Gasteiger charge is 2.21. The van der Waals surface area contributed by atoms with Crippen LogP contribution in [-0.4, -0.2) is 14.2 Å². The maximum atomic E-state index is 5.59. The van der Waals surface area contributed by atoms with E-state index in [1.165, 1.54) is 0 Å². The van der Waals surface area contributed by atoms with Crippen LogP contribution in [0.3, 0.4) is 0 Å². The van der Waals surface area contributed by atoms with Crippen LogP contribution in [0, 0.1) is 0 Å². The van der Waals surface area contributed by atoms with E-state index in [2.05, 4.69) is 24.3 Å². The Morgan fingerprint density at radius 2 is 1.23 bits per heavy atom. The molecule has 0 N–H and O–H groups in total. The van der Waals surface area contributed by atoms with E-state index in [0.29, 0.717) is 0 Å². The molecule has 0 atom stereocenters. The van der Waals surface area contributed by atoms with Gasteiger partial charge in [-0.15, -0.1) is 0 Å². The molecule has 0 saturated heterocycles. The minimum absolute atomic E-state index is 0.752. The Balaban J connectivity index is 2.26. The van der Waals surface area contributed by atoms with Crippen LogP contribution in [0.1, 0.15) is 11.1 Å². The summed E-state index contributed by atoms with van der Waals surface area (Å²) < 4.78 is 11.0. The summed E-state index contributed by atoms with van der Waals surface area (Å²) in [4.78, 5) is 0. The molecule has 0 aromatic heterocycles. The maximum Gasteiger partial charge on any atom is 0.168 e. The summed E-state index contributed by atoms with van der Waals surface area (Å²) in [5, 5.41) is 0. The summed E-state index contributed by atoms with van der Waals surface area (Å²) in [7, 11) is 3.33. The topological polar surface area (TPSA) is 18.5 Å². The van der Waals surface area contributed by atoms with E-state index in [1.807, 2.05) is 48.6 Å². The van der Waals surface area contributed by atoms with Crippen molar-refractivity contribution in [2.45, 2.75) is 0 Å². The first-order chi connectivity index (χ1) is 10.8. The van der Waals surface area contributed by atoms with Crippen LogP contribution in [-0.2, 0) is 9.47 Å². The van der Waals surface area contributed by atoms with E-state index in [-0.39, 0.29) is 0 Å². The van der Waals surface area contributed by atoms with Crippen LogP contribution in [0.4, 0.5) is 0 Å². The minimum atomic E-state index is 0.752. The van der Waals surface area contributed by atoms with E-state index in [0.717, 1.165) is 33.8 Å². The zero-order valence-electron chi connectivity index (χ0n) is 12.7. The summed E-state index contributed by atoms with van der Waals surface area (Å²) in [6.07, 6.45) is 3.99. The summed E-state index contributed by atoms with van der Waals surface area (Å²) in [5.41, 5.74) is 4.48. The van der Waals surface area contributed by atoms with Crippen molar-refractivity contribution in [2.24, 2.45) is 0 Å². The van der Waals surface area contributed by atoms with Crippen LogP contribution in [0.5, 0.6) is 0 Å². The molecule has 2 heteroatoms. The Hall–Kier alpha value is -2.74. The fourth-order valence-corrected chi connectivity index (χ4v) is 2.70. The molecule has 0 amide bonds. The summed E-state index contributed by atoms with van der Waals surface area (Å²) in [5.74, 6) is 1.52. The van der Waals surface area contributed by atoms with Gasteiger partial charge in [0.05, 0.1) is 14.2 Å². The van der Waals surface area contributed by atoms with Crippen LogP contribution in [0.15, 0.2) is 89.9 Å². The summed E-state index contributed by atoms with van der Waals surface area (Å²) >= 11 is 0. The number of ether oxygens (including phenoxy) is 2. The molecule has 0 bridgehead atoms. The molecule has 0 spiro atoms. The first-order valence-corrected chi connectivity index (χ1v) is 7.21. The maximum absolute atomic E-state index is 5.59. The van der Waals surface area contributed by atoms with E-state index in [9.17, 15) is 0 Å². The second-order valence-electron chi connectivity index (χ2n) is 4.96. The lowest BCUT2D eigenvalue weighted by atomic mass is 9.93. The lowest BCUT2D eigenvalue weighted by molar-refractivity contribution is 0.243. The van der Waals surface area contributed by atoms with Crippen LogP contribution < -0.4 is 0 Å². The number of hydrogen-bond donors (Lipinski definition) is 0. The molecule has 110 valence electrons. The first kappa shape index (κ1) is 14.2. The highest BCUT2D eigenvalue weighted by molar-refractivity contribution is 5.87. The van der Waals surface area contributed by atoms with Gasteiger partial charge in [0.1, 0.15) is 0 Å². The second-order valence-corrected chi connectivity index (χ2v) is 4.96. The zero-order chi connectivity index (χ0) is 15.4. The molecular weight excluding hydrogens is 272 g/mol. The normalized spacial score (nSPS) is 13.5. The average molecular weight is 290 g/mol. The first-order valence-electron chi connectivity index (χ1n) is 7.21. The molecule has 0 fully saturated rings. The van der Waals surface area contributed by atoms with Crippen molar-refractivity contribution in [3.63, 3.8) is 0 Å². The molecule has 0 aliphatic heterocycles. The van der Waals surface area contributed by atoms with Crippen LogP contribution in [0.25, 0.3) is 5.57 Å². The Morgan fingerprint density at radius 3 is 1.68 bits per heavy atom. The monoisotopic (exact) mass is 290 g/mol. The van der Waals surface area contributed by atoms with Crippen LogP contribution in [0.2, 0.25) is 0 Å². The Labute approximate surface area is 131 Å². The quantitative estimate of drug-likeness (QED) is 0.821. The van der Waals surface area contributed by atoms with Gasteiger partial charge in [0.25, 0.3) is 0 Å². The molecule has 1 aliphatic carbocycles. The van der Waals surface area contributed by atoms with E-state index < -0.39 is 0 Å². The van der Waals surface area contributed by atoms with Crippen LogP contribution >= 0.6 is 0 Å². The molecule has 3 rings (SSSR count). The number of rotatable bonds is 4. The molecule has 0 saturated carbocycles. The fraction of sp³-hybridized carbons (Fsp3) is 0.100. The van der Waals surface area contributed by atoms with Crippen molar-refractivity contribution in [1.29, 1.82) is 0 Å². The van der Waals surface area contributed by atoms with E-state index in [1.54, 1.807) is 14.2 Å². The van der Waals surface area contributed by atoms with E-state index in [4.69, 9.17) is 9.47 Å². The molecule has 0 heterocycles. The molecule has 1 aliphatic rings. The zero-order valence-corrected chi connectivity index (χ0v) is 12.7.